The summed E-state index contributed by atoms with van der Waals surface area (Å²) in [5.74, 6) is 0.825. The summed E-state index contributed by atoms with van der Waals surface area (Å²) < 4.78 is 5.96. The average Bonchev–Trinajstić information content (AvgIpc) is 2.60. The first-order valence-corrected chi connectivity index (χ1v) is 7.99. The largest absolute Gasteiger partial charge is 0.486 e. The molecule has 24 heavy (non-hydrogen) atoms. The van der Waals surface area contributed by atoms with E-state index >= 15 is 0 Å². The number of hydrogen-bond acceptors (Lipinski definition) is 3. The summed E-state index contributed by atoms with van der Waals surface area (Å²) in [6.45, 7) is 5.94. The maximum absolute atomic E-state index is 5.96. The quantitative estimate of drug-likeness (QED) is 0.524. The van der Waals surface area contributed by atoms with Crippen LogP contribution in [0.25, 0.3) is 5.70 Å². The van der Waals surface area contributed by atoms with Crippen molar-refractivity contribution in [2.75, 3.05) is 0 Å². The fraction of sp³-hybridized carbons (Fsp3) is 0.238. The van der Waals surface area contributed by atoms with E-state index in [-0.39, 0.29) is 6.10 Å². The summed E-state index contributed by atoms with van der Waals surface area (Å²) in [5.41, 5.74) is 2.60. The molecule has 0 spiro atoms. The van der Waals surface area contributed by atoms with Crippen LogP contribution in [0.5, 0.6) is 5.75 Å². The van der Waals surface area contributed by atoms with Crippen molar-refractivity contribution in [3.05, 3.63) is 60.7 Å². The van der Waals surface area contributed by atoms with Gasteiger partial charge >= 0.3 is 0 Å². The van der Waals surface area contributed by atoms with E-state index in [2.05, 4.69) is 34.8 Å². The minimum Gasteiger partial charge on any atom is -0.486 e. The van der Waals surface area contributed by atoms with Gasteiger partial charge in [0.2, 0.25) is 0 Å². The SMILES string of the molecule is C#CN=C(C)CCC=NC(=C)c1cccc(OC2C=CC=CC2)c1. The molecule has 0 fully saturated rings. The van der Waals surface area contributed by atoms with Gasteiger partial charge in [0.25, 0.3) is 0 Å². The molecule has 1 aromatic rings. The highest BCUT2D eigenvalue weighted by atomic mass is 16.5. The highest BCUT2D eigenvalue weighted by Gasteiger charge is 2.07. The van der Waals surface area contributed by atoms with Gasteiger partial charge in [0.1, 0.15) is 11.9 Å². The highest BCUT2D eigenvalue weighted by Crippen LogP contribution is 2.22. The molecule has 0 aromatic heterocycles. The predicted octanol–water partition coefficient (Wildman–Crippen LogP) is 4.82. The van der Waals surface area contributed by atoms with Gasteiger partial charge in [-0.3, -0.25) is 4.99 Å². The van der Waals surface area contributed by atoms with Gasteiger partial charge in [-0.25, -0.2) is 4.99 Å². The Bertz CT molecular complexity index is 732. The lowest BCUT2D eigenvalue weighted by molar-refractivity contribution is 0.251. The first-order valence-electron chi connectivity index (χ1n) is 7.99. The summed E-state index contributed by atoms with van der Waals surface area (Å²) in [4.78, 5) is 8.31. The first-order chi connectivity index (χ1) is 11.7. The zero-order valence-corrected chi connectivity index (χ0v) is 14.0. The molecule has 0 radical (unpaired) electrons. The maximum Gasteiger partial charge on any atom is 0.121 e. The standard InChI is InChI=1S/C21H22N2O/c1-4-22-17(2)10-9-15-23-18(3)19-11-8-14-21(16-19)24-20-12-6-5-7-13-20/h1,5-8,11-12,14-16,20H,3,9-10,13H2,2H3. The van der Waals surface area contributed by atoms with Crippen LogP contribution in [-0.2, 0) is 0 Å². The van der Waals surface area contributed by atoms with Gasteiger partial charge in [-0.1, -0.05) is 43.4 Å². The van der Waals surface area contributed by atoms with Crippen LogP contribution in [0.4, 0.5) is 0 Å². The van der Waals surface area contributed by atoms with Gasteiger partial charge in [0, 0.05) is 30.0 Å². The molecule has 1 aliphatic rings. The minimum absolute atomic E-state index is 0.0837. The number of nitrogens with zero attached hydrogens (tertiary/aromatic N) is 2. The van der Waals surface area contributed by atoms with Gasteiger partial charge in [0.05, 0.1) is 5.70 Å². The molecule has 122 valence electrons. The lowest BCUT2D eigenvalue weighted by atomic mass is 10.1. The molecule has 1 atom stereocenters. The summed E-state index contributed by atoms with van der Waals surface area (Å²) in [5, 5.41) is 0. The Morgan fingerprint density at radius 3 is 3.08 bits per heavy atom. The fourth-order valence-corrected chi connectivity index (χ4v) is 2.26. The van der Waals surface area contributed by atoms with Gasteiger partial charge in [-0.15, -0.1) is 0 Å². The van der Waals surface area contributed by atoms with Crippen molar-refractivity contribution in [3.8, 4) is 18.2 Å². The number of hydrogen-bond donors (Lipinski definition) is 0. The van der Waals surface area contributed by atoms with Gasteiger partial charge < -0.3 is 4.74 Å². The second-order valence-corrected chi connectivity index (χ2v) is 5.51. The number of ether oxygens (including phenoxy) is 1. The molecule has 0 saturated carbocycles. The van der Waals surface area contributed by atoms with Gasteiger partial charge in [-0.05, 0) is 38.0 Å². The van der Waals surface area contributed by atoms with Crippen LogP contribution >= 0.6 is 0 Å². The zero-order valence-electron chi connectivity index (χ0n) is 14.0. The molecular weight excluding hydrogens is 296 g/mol. The van der Waals surface area contributed by atoms with Crippen LogP contribution in [0.1, 0.15) is 31.7 Å². The van der Waals surface area contributed by atoms with Crippen LogP contribution in [0.3, 0.4) is 0 Å². The molecule has 0 saturated heterocycles. The summed E-state index contributed by atoms with van der Waals surface area (Å²) in [6.07, 6.45) is 17.7. The summed E-state index contributed by atoms with van der Waals surface area (Å²) >= 11 is 0. The smallest absolute Gasteiger partial charge is 0.121 e. The third kappa shape index (κ3) is 5.73. The fourth-order valence-electron chi connectivity index (χ4n) is 2.26. The van der Waals surface area contributed by atoms with Crippen LogP contribution < -0.4 is 4.74 Å². The Kier molecular flexibility index (Phi) is 6.79. The highest BCUT2D eigenvalue weighted by molar-refractivity contribution is 5.85. The third-order valence-electron chi connectivity index (χ3n) is 3.53. The number of allylic oxidation sites excluding steroid dienone is 2. The van der Waals surface area contributed by atoms with Crippen LogP contribution in [0.2, 0.25) is 0 Å². The van der Waals surface area contributed by atoms with Gasteiger partial charge in [0.15, 0.2) is 0 Å². The van der Waals surface area contributed by atoms with Gasteiger partial charge in [-0.2, -0.15) is 0 Å². The Morgan fingerprint density at radius 2 is 2.33 bits per heavy atom. The van der Waals surface area contributed by atoms with Crippen molar-refractivity contribution < 1.29 is 4.74 Å². The molecule has 0 bridgehead atoms. The van der Waals surface area contributed by atoms with Crippen molar-refractivity contribution >= 4 is 17.6 Å². The molecule has 0 heterocycles. The number of aliphatic imine (C=N–C) groups is 2. The van der Waals surface area contributed by atoms with Crippen molar-refractivity contribution in [2.24, 2.45) is 9.98 Å². The Balaban J connectivity index is 1.91. The second-order valence-electron chi connectivity index (χ2n) is 5.51. The van der Waals surface area contributed by atoms with Crippen molar-refractivity contribution in [3.63, 3.8) is 0 Å². The van der Waals surface area contributed by atoms with E-state index in [9.17, 15) is 0 Å². The summed E-state index contributed by atoms with van der Waals surface area (Å²) in [7, 11) is 0. The zero-order chi connectivity index (χ0) is 17.2. The lowest BCUT2D eigenvalue weighted by Gasteiger charge is -2.16. The number of benzene rings is 1. The topological polar surface area (TPSA) is 34.0 Å². The molecule has 1 aromatic carbocycles. The number of terminal acetylenes is 1. The molecule has 3 heteroatoms. The first kappa shape index (κ1) is 17.5. The van der Waals surface area contributed by atoms with Crippen LogP contribution in [0.15, 0.2) is 65.1 Å². The van der Waals surface area contributed by atoms with E-state index in [1.165, 1.54) is 0 Å². The second kappa shape index (κ2) is 9.32. The average molecular weight is 318 g/mol. The summed E-state index contributed by atoms with van der Waals surface area (Å²) in [6, 6.07) is 10.1. The monoisotopic (exact) mass is 318 g/mol. The van der Waals surface area contributed by atoms with Crippen LogP contribution in [0, 0.1) is 12.5 Å². The Morgan fingerprint density at radius 1 is 1.46 bits per heavy atom. The van der Waals surface area contributed by atoms with E-state index < -0.39 is 0 Å². The van der Waals surface area contributed by atoms with E-state index in [0.29, 0.717) is 5.70 Å². The van der Waals surface area contributed by atoms with Crippen molar-refractivity contribution in [2.45, 2.75) is 32.3 Å². The molecule has 2 rings (SSSR count). The van der Waals surface area contributed by atoms with E-state index in [1.54, 1.807) is 0 Å². The molecule has 3 nitrogen and oxygen atoms in total. The molecule has 0 aliphatic heterocycles. The molecular formula is C21H22N2O. The molecule has 0 N–H and O–H groups in total. The Hall–Kier alpha value is -2.86. The molecule has 1 aliphatic carbocycles. The predicted molar refractivity (Wildman–Crippen MR) is 102 cm³/mol. The molecule has 1 unspecified atom stereocenters. The normalized spacial score (nSPS) is 17.0. The van der Waals surface area contributed by atoms with E-state index in [0.717, 1.165) is 36.3 Å². The van der Waals surface area contributed by atoms with E-state index in [1.807, 2.05) is 49.6 Å². The van der Waals surface area contributed by atoms with Crippen molar-refractivity contribution in [1.82, 2.24) is 0 Å². The maximum atomic E-state index is 5.96. The number of rotatable bonds is 7. The van der Waals surface area contributed by atoms with Crippen LogP contribution in [-0.4, -0.2) is 18.0 Å². The van der Waals surface area contributed by atoms with Crippen molar-refractivity contribution in [1.29, 1.82) is 0 Å². The van der Waals surface area contributed by atoms with E-state index in [4.69, 9.17) is 11.2 Å². The third-order valence-corrected chi connectivity index (χ3v) is 3.53. The Labute approximate surface area is 144 Å². The lowest BCUT2D eigenvalue weighted by Crippen LogP contribution is -2.13. The molecule has 0 amide bonds. The minimum atomic E-state index is 0.0837.